The zero-order valence-electron chi connectivity index (χ0n) is 11.9. The normalized spacial score (nSPS) is 15.8. The van der Waals surface area contributed by atoms with Gasteiger partial charge in [-0.2, -0.15) is 0 Å². The van der Waals surface area contributed by atoms with Gasteiger partial charge in [0.15, 0.2) is 0 Å². The molecule has 0 unspecified atom stereocenters. The van der Waals surface area contributed by atoms with Gasteiger partial charge in [-0.25, -0.2) is 9.78 Å². The Hall–Kier alpha value is -1.62. The van der Waals surface area contributed by atoms with Crippen molar-refractivity contribution < 1.29 is 9.53 Å². The molecular formula is C14H18ClN3O2. The maximum absolute atomic E-state index is 11.9. The number of carbonyl (C=O) groups excluding carboxylic acids is 1. The molecule has 0 bridgehead atoms. The van der Waals surface area contributed by atoms with Gasteiger partial charge in [0.2, 0.25) is 0 Å². The van der Waals surface area contributed by atoms with Crippen LogP contribution in [0.2, 0.25) is 5.15 Å². The lowest BCUT2D eigenvalue weighted by atomic mass is 10.1. The smallest absolute Gasteiger partial charge is 0.410 e. The predicted octanol–water partition coefficient (Wildman–Crippen LogP) is 3.15. The summed E-state index contributed by atoms with van der Waals surface area (Å²) >= 11 is 5.83. The van der Waals surface area contributed by atoms with Crippen LogP contribution in [-0.2, 0) is 4.74 Å². The number of carbonyl (C=O) groups is 1. The Balaban J connectivity index is 2.02. The summed E-state index contributed by atoms with van der Waals surface area (Å²) < 4.78 is 5.35. The van der Waals surface area contributed by atoms with E-state index in [0.29, 0.717) is 24.7 Å². The first-order chi connectivity index (χ1) is 9.35. The Labute approximate surface area is 123 Å². The molecule has 1 aromatic heterocycles. The van der Waals surface area contributed by atoms with Gasteiger partial charge in [-0.05, 0) is 32.8 Å². The maximum atomic E-state index is 11.9. The van der Waals surface area contributed by atoms with Crippen molar-refractivity contribution in [2.24, 2.45) is 0 Å². The third kappa shape index (κ3) is 3.93. The maximum Gasteiger partial charge on any atom is 0.410 e. The van der Waals surface area contributed by atoms with Crippen molar-refractivity contribution in [2.45, 2.75) is 32.8 Å². The Morgan fingerprint density at radius 3 is 2.70 bits per heavy atom. The van der Waals surface area contributed by atoms with Gasteiger partial charge in [0, 0.05) is 13.1 Å². The largest absolute Gasteiger partial charge is 0.444 e. The summed E-state index contributed by atoms with van der Waals surface area (Å²) in [6, 6.07) is 0. The first kappa shape index (κ1) is 14.8. The van der Waals surface area contributed by atoms with Crippen molar-refractivity contribution >= 4 is 23.3 Å². The molecule has 0 fully saturated rings. The molecule has 0 saturated carbocycles. The predicted molar refractivity (Wildman–Crippen MR) is 77.4 cm³/mol. The number of halogens is 1. The van der Waals surface area contributed by atoms with Gasteiger partial charge in [0.1, 0.15) is 10.8 Å². The molecule has 0 spiro atoms. The van der Waals surface area contributed by atoms with Crippen molar-refractivity contribution in [3.8, 4) is 0 Å². The summed E-state index contributed by atoms with van der Waals surface area (Å²) in [6.07, 6.45) is 5.58. The lowest BCUT2D eigenvalue weighted by Gasteiger charge is -2.29. The van der Waals surface area contributed by atoms with Crippen molar-refractivity contribution in [1.29, 1.82) is 0 Å². The van der Waals surface area contributed by atoms with Crippen LogP contribution in [0.3, 0.4) is 0 Å². The molecule has 0 radical (unpaired) electrons. The van der Waals surface area contributed by atoms with Gasteiger partial charge < -0.3 is 9.64 Å². The first-order valence-corrected chi connectivity index (χ1v) is 6.88. The molecular weight excluding hydrogens is 278 g/mol. The molecule has 5 nitrogen and oxygen atoms in total. The van der Waals surface area contributed by atoms with E-state index in [9.17, 15) is 4.79 Å². The lowest BCUT2D eigenvalue weighted by Crippen LogP contribution is -2.39. The standard InChI is InChI=1S/C14H18ClN3O2/c1-14(2,3)20-13(19)18-6-4-10(5-7-18)11-8-16-9-12(15)17-11/h4,8-9H,5-7H2,1-3H3. The van der Waals surface area contributed by atoms with Gasteiger partial charge in [-0.1, -0.05) is 17.7 Å². The zero-order chi connectivity index (χ0) is 14.8. The Morgan fingerprint density at radius 1 is 1.40 bits per heavy atom. The number of amides is 1. The average Bonchev–Trinajstić information content (AvgIpc) is 2.37. The van der Waals surface area contributed by atoms with E-state index in [1.165, 1.54) is 6.20 Å². The van der Waals surface area contributed by atoms with Crippen LogP contribution in [0, 0.1) is 0 Å². The summed E-state index contributed by atoms with van der Waals surface area (Å²) in [7, 11) is 0. The third-order valence-electron chi connectivity index (χ3n) is 2.79. The number of aromatic nitrogens is 2. The van der Waals surface area contributed by atoms with Crippen molar-refractivity contribution in [3.63, 3.8) is 0 Å². The van der Waals surface area contributed by atoms with E-state index >= 15 is 0 Å². The molecule has 20 heavy (non-hydrogen) atoms. The van der Waals surface area contributed by atoms with Gasteiger partial charge in [0.25, 0.3) is 0 Å². The molecule has 0 saturated heterocycles. The zero-order valence-corrected chi connectivity index (χ0v) is 12.6. The minimum atomic E-state index is -0.473. The van der Waals surface area contributed by atoms with Crippen LogP contribution in [0.1, 0.15) is 32.9 Å². The molecule has 0 N–H and O–H groups in total. The molecule has 108 valence electrons. The third-order valence-corrected chi connectivity index (χ3v) is 2.98. The highest BCUT2D eigenvalue weighted by Crippen LogP contribution is 2.22. The highest BCUT2D eigenvalue weighted by Gasteiger charge is 2.24. The minimum absolute atomic E-state index is 0.287. The second kappa shape index (κ2) is 5.79. The van der Waals surface area contributed by atoms with Crippen LogP contribution < -0.4 is 0 Å². The van der Waals surface area contributed by atoms with Gasteiger partial charge >= 0.3 is 6.09 Å². The molecule has 0 aliphatic carbocycles. The van der Waals surface area contributed by atoms with E-state index in [4.69, 9.17) is 16.3 Å². The number of hydrogen-bond acceptors (Lipinski definition) is 4. The number of ether oxygens (including phenoxy) is 1. The van der Waals surface area contributed by atoms with E-state index in [1.54, 1.807) is 11.1 Å². The van der Waals surface area contributed by atoms with Crippen LogP contribution >= 0.6 is 11.6 Å². The summed E-state index contributed by atoms with van der Waals surface area (Å²) in [5.41, 5.74) is 1.35. The SMILES string of the molecule is CC(C)(C)OC(=O)N1CC=C(c2cncc(Cl)n2)CC1. The second-order valence-electron chi connectivity index (χ2n) is 5.63. The minimum Gasteiger partial charge on any atom is -0.444 e. The summed E-state index contributed by atoms with van der Waals surface area (Å²) in [5.74, 6) is 0. The molecule has 0 atom stereocenters. The fourth-order valence-electron chi connectivity index (χ4n) is 1.89. The molecule has 1 aliphatic heterocycles. The monoisotopic (exact) mass is 295 g/mol. The van der Waals surface area contributed by atoms with Crippen LogP contribution in [0.5, 0.6) is 0 Å². The first-order valence-electron chi connectivity index (χ1n) is 6.50. The Bertz CT molecular complexity index is 537. The topological polar surface area (TPSA) is 55.3 Å². The summed E-state index contributed by atoms with van der Waals surface area (Å²) in [6.45, 7) is 6.69. The van der Waals surface area contributed by atoms with E-state index in [-0.39, 0.29) is 6.09 Å². The highest BCUT2D eigenvalue weighted by atomic mass is 35.5. The average molecular weight is 296 g/mol. The molecule has 1 aliphatic rings. The molecule has 6 heteroatoms. The van der Waals surface area contributed by atoms with E-state index < -0.39 is 5.60 Å². The fraction of sp³-hybridized carbons (Fsp3) is 0.500. The lowest BCUT2D eigenvalue weighted by molar-refractivity contribution is 0.0270. The molecule has 2 heterocycles. The van der Waals surface area contributed by atoms with E-state index in [2.05, 4.69) is 9.97 Å². The summed E-state index contributed by atoms with van der Waals surface area (Å²) in [4.78, 5) is 21.9. The Kier molecular flexibility index (Phi) is 4.28. The van der Waals surface area contributed by atoms with Gasteiger partial charge in [-0.15, -0.1) is 0 Å². The van der Waals surface area contributed by atoms with Gasteiger partial charge in [0.05, 0.1) is 18.1 Å². The summed E-state index contributed by atoms with van der Waals surface area (Å²) in [5, 5.41) is 0.373. The number of nitrogens with zero attached hydrogens (tertiary/aromatic N) is 3. The Morgan fingerprint density at radius 2 is 2.15 bits per heavy atom. The molecule has 1 aromatic rings. The fourth-order valence-corrected chi connectivity index (χ4v) is 2.04. The van der Waals surface area contributed by atoms with E-state index in [0.717, 1.165) is 11.3 Å². The second-order valence-corrected chi connectivity index (χ2v) is 6.02. The van der Waals surface area contributed by atoms with E-state index in [1.807, 2.05) is 26.8 Å². The van der Waals surface area contributed by atoms with Gasteiger partial charge in [-0.3, -0.25) is 4.98 Å². The number of hydrogen-bond donors (Lipinski definition) is 0. The van der Waals surface area contributed by atoms with Crippen LogP contribution in [0.25, 0.3) is 5.57 Å². The molecule has 0 aromatic carbocycles. The molecule has 1 amide bonds. The van der Waals surface area contributed by atoms with Crippen molar-refractivity contribution in [1.82, 2.24) is 14.9 Å². The van der Waals surface area contributed by atoms with Crippen LogP contribution in [0.15, 0.2) is 18.5 Å². The molecule has 2 rings (SSSR count). The van der Waals surface area contributed by atoms with Crippen molar-refractivity contribution in [3.05, 3.63) is 29.3 Å². The number of rotatable bonds is 1. The quantitative estimate of drug-likeness (QED) is 0.798. The highest BCUT2D eigenvalue weighted by molar-refractivity contribution is 6.29. The van der Waals surface area contributed by atoms with Crippen LogP contribution in [-0.4, -0.2) is 39.7 Å². The van der Waals surface area contributed by atoms with Crippen LogP contribution in [0.4, 0.5) is 4.79 Å². The van der Waals surface area contributed by atoms with Crippen molar-refractivity contribution in [2.75, 3.05) is 13.1 Å².